The van der Waals surface area contributed by atoms with Crippen molar-refractivity contribution in [2.24, 2.45) is 0 Å². The largest absolute Gasteiger partial charge is 0.573 e. The summed E-state index contributed by atoms with van der Waals surface area (Å²) >= 11 is 0. The molecule has 0 spiro atoms. The number of ether oxygens (including phenoxy) is 3. The molecule has 1 amide bonds. The lowest BCUT2D eigenvalue weighted by atomic mass is 10.1. The van der Waals surface area contributed by atoms with Gasteiger partial charge in [0.25, 0.3) is 5.91 Å². The molecule has 2 aromatic carbocycles. The van der Waals surface area contributed by atoms with Gasteiger partial charge in [0.05, 0.1) is 6.10 Å². The van der Waals surface area contributed by atoms with Crippen molar-refractivity contribution in [2.45, 2.75) is 58.7 Å². The monoisotopic (exact) mass is 497 g/mol. The van der Waals surface area contributed by atoms with Crippen LogP contribution in [0.25, 0.3) is 0 Å². The topological polar surface area (TPSA) is 85.3 Å². The van der Waals surface area contributed by atoms with Crippen LogP contribution in [0.2, 0.25) is 0 Å². The van der Waals surface area contributed by atoms with Gasteiger partial charge in [0.2, 0.25) is 0 Å². The number of carboxylic acid groups (broad SMARTS) is 1. The van der Waals surface area contributed by atoms with E-state index >= 15 is 0 Å². The molecule has 2 rings (SSSR count). The zero-order valence-electron chi connectivity index (χ0n) is 19.9. The fourth-order valence-corrected chi connectivity index (χ4v) is 3.14. The van der Waals surface area contributed by atoms with Crippen LogP contribution in [0.3, 0.4) is 0 Å². The van der Waals surface area contributed by atoms with Crippen LogP contribution in [0, 0.1) is 0 Å². The minimum atomic E-state index is -4.76. The van der Waals surface area contributed by atoms with Crippen molar-refractivity contribution in [1.29, 1.82) is 0 Å². The second kappa shape index (κ2) is 13.0. The first-order valence-corrected chi connectivity index (χ1v) is 11.2. The van der Waals surface area contributed by atoms with Crippen LogP contribution in [0.1, 0.15) is 38.3 Å². The van der Waals surface area contributed by atoms with Crippen LogP contribution < -0.4 is 9.47 Å². The number of hydrogen-bond donors (Lipinski definition) is 1. The molecule has 10 heteroatoms. The summed E-state index contributed by atoms with van der Waals surface area (Å²) in [4.78, 5) is 25.5. The van der Waals surface area contributed by atoms with E-state index in [9.17, 15) is 27.9 Å². The number of alkyl halides is 3. The average molecular weight is 498 g/mol. The molecule has 0 bridgehead atoms. The fourth-order valence-electron chi connectivity index (χ4n) is 3.14. The van der Waals surface area contributed by atoms with Gasteiger partial charge in [-0.05, 0) is 55.7 Å². The number of carbonyl (C=O) groups is 2. The third-order valence-electron chi connectivity index (χ3n) is 5.22. The van der Waals surface area contributed by atoms with Gasteiger partial charge in [-0.25, -0.2) is 4.79 Å². The molecule has 0 aliphatic heterocycles. The number of carboxylic acids is 1. The van der Waals surface area contributed by atoms with Gasteiger partial charge in [-0.1, -0.05) is 31.2 Å². The Hall–Kier alpha value is -3.27. The molecular weight excluding hydrogens is 467 g/mol. The van der Waals surface area contributed by atoms with Crippen molar-refractivity contribution in [1.82, 2.24) is 4.90 Å². The zero-order valence-corrected chi connectivity index (χ0v) is 19.9. The van der Waals surface area contributed by atoms with E-state index in [0.717, 1.165) is 5.56 Å². The average Bonchev–Trinajstić information content (AvgIpc) is 2.81. The van der Waals surface area contributed by atoms with Crippen LogP contribution in [0.5, 0.6) is 11.5 Å². The van der Waals surface area contributed by atoms with Gasteiger partial charge in [-0.2, -0.15) is 0 Å². The third kappa shape index (κ3) is 9.86. The Morgan fingerprint density at radius 2 is 1.54 bits per heavy atom. The van der Waals surface area contributed by atoms with Crippen LogP contribution >= 0.6 is 0 Å². The first-order valence-electron chi connectivity index (χ1n) is 11.2. The lowest BCUT2D eigenvalue weighted by Crippen LogP contribution is -2.34. The highest BCUT2D eigenvalue weighted by atomic mass is 19.4. The minimum absolute atomic E-state index is 0.169. The minimum Gasteiger partial charge on any atom is -0.484 e. The Morgan fingerprint density at radius 3 is 2.06 bits per heavy atom. The van der Waals surface area contributed by atoms with Gasteiger partial charge in [0, 0.05) is 19.5 Å². The lowest BCUT2D eigenvalue weighted by molar-refractivity contribution is -0.274. The Kier molecular flexibility index (Phi) is 10.4. The van der Waals surface area contributed by atoms with Crippen LogP contribution in [0.4, 0.5) is 13.2 Å². The maximum atomic E-state index is 12.6. The molecule has 0 aromatic heterocycles. The molecule has 0 radical (unpaired) electrons. The molecule has 7 nitrogen and oxygen atoms in total. The number of aliphatic carboxylic acids is 1. The number of benzene rings is 2. The molecule has 0 aliphatic carbocycles. The van der Waals surface area contributed by atoms with Crippen LogP contribution in [-0.2, 0) is 27.3 Å². The van der Waals surface area contributed by atoms with Crippen molar-refractivity contribution in [2.75, 3.05) is 13.2 Å². The van der Waals surface area contributed by atoms with Crippen molar-refractivity contribution in [3.05, 3.63) is 59.7 Å². The van der Waals surface area contributed by atoms with Gasteiger partial charge in [0.15, 0.2) is 12.7 Å². The molecule has 192 valence electrons. The third-order valence-corrected chi connectivity index (χ3v) is 5.22. The van der Waals surface area contributed by atoms with E-state index in [1.165, 1.54) is 29.2 Å². The molecule has 0 aliphatic rings. The Labute approximate surface area is 202 Å². The van der Waals surface area contributed by atoms with Crippen molar-refractivity contribution < 1.29 is 42.1 Å². The number of nitrogens with zero attached hydrogens (tertiary/aromatic N) is 1. The van der Waals surface area contributed by atoms with Crippen molar-refractivity contribution in [3.8, 4) is 11.5 Å². The van der Waals surface area contributed by atoms with E-state index in [4.69, 9.17) is 9.47 Å². The lowest BCUT2D eigenvalue weighted by Gasteiger charge is -2.21. The van der Waals surface area contributed by atoms with Crippen LogP contribution in [0.15, 0.2) is 48.5 Å². The molecule has 0 saturated carbocycles. The number of hydrogen-bond acceptors (Lipinski definition) is 5. The van der Waals surface area contributed by atoms with E-state index in [-0.39, 0.29) is 37.3 Å². The normalized spacial score (nSPS) is 13.1. The first-order chi connectivity index (χ1) is 16.5. The maximum Gasteiger partial charge on any atom is 0.573 e. The predicted octanol–water partition coefficient (Wildman–Crippen LogP) is 4.82. The van der Waals surface area contributed by atoms with Crippen molar-refractivity contribution in [3.63, 3.8) is 0 Å². The Morgan fingerprint density at radius 1 is 0.971 bits per heavy atom. The second-order valence-electron chi connectivity index (χ2n) is 7.92. The number of halogens is 3. The first kappa shape index (κ1) is 28.0. The summed E-state index contributed by atoms with van der Waals surface area (Å²) in [5.41, 5.74) is 1.40. The van der Waals surface area contributed by atoms with E-state index < -0.39 is 18.4 Å². The molecule has 35 heavy (non-hydrogen) atoms. The smallest absolute Gasteiger partial charge is 0.484 e. The quantitative estimate of drug-likeness (QED) is 0.427. The Balaban J connectivity index is 1.89. The molecule has 0 saturated heterocycles. The van der Waals surface area contributed by atoms with Gasteiger partial charge >= 0.3 is 12.3 Å². The number of carbonyl (C=O) groups excluding carboxylic acids is 1. The summed E-state index contributed by atoms with van der Waals surface area (Å²) < 4.78 is 51.8. The molecule has 0 fully saturated rings. The van der Waals surface area contributed by atoms with Gasteiger partial charge in [-0.3, -0.25) is 4.79 Å². The summed E-state index contributed by atoms with van der Waals surface area (Å²) in [7, 11) is 0. The standard InChI is InChI=1S/C25H30F3NO6/c1-4-17(3)34-22(24(31)32)14-18-6-10-20(11-7-18)33-16-23(30)29(5-2)15-19-8-12-21(13-9-19)35-25(26,27)28/h6-13,17,22H,4-5,14-16H2,1-3H3,(H,31,32)/t17?,22-/m0/s1. The molecule has 1 N–H and O–H groups in total. The van der Waals surface area contributed by atoms with Gasteiger partial charge in [-0.15, -0.1) is 13.2 Å². The van der Waals surface area contributed by atoms with E-state index in [1.54, 1.807) is 31.2 Å². The number of likely N-dealkylation sites (N-methyl/N-ethyl adjacent to an activating group) is 1. The van der Waals surface area contributed by atoms with E-state index in [2.05, 4.69) is 4.74 Å². The molecule has 2 atom stereocenters. The number of rotatable bonds is 13. The van der Waals surface area contributed by atoms with Gasteiger partial charge in [0.1, 0.15) is 11.5 Å². The summed E-state index contributed by atoms with van der Waals surface area (Å²) in [6, 6.07) is 12.1. The maximum absolute atomic E-state index is 12.6. The molecule has 2 aromatic rings. The highest BCUT2D eigenvalue weighted by Crippen LogP contribution is 2.23. The van der Waals surface area contributed by atoms with E-state index in [1.807, 2.05) is 13.8 Å². The summed E-state index contributed by atoms with van der Waals surface area (Å²) in [6.07, 6.45) is -4.98. The second-order valence-corrected chi connectivity index (χ2v) is 7.92. The zero-order chi connectivity index (χ0) is 26.0. The van der Waals surface area contributed by atoms with Gasteiger partial charge < -0.3 is 24.2 Å². The fraction of sp³-hybridized carbons (Fsp3) is 0.440. The van der Waals surface area contributed by atoms with Crippen molar-refractivity contribution >= 4 is 11.9 Å². The van der Waals surface area contributed by atoms with E-state index in [0.29, 0.717) is 24.3 Å². The summed E-state index contributed by atoms with van der Waals surface area (Å²) in [5, 5.41) is 9.38. The van der Waals surface area contributed by atoms with Crippen LogP contribution in [-0.4, -0.2) is 53.6 Å². The molecule has 1 unspecified atom stereocenters. The highest BCUT2D eigenvalue weighted by Gasteiger charge is 2.31. The SMILES string of the molecule is CCC(C)O[C@@H](Cc1ccc(OCC(=O)N(CC)Cc2ccc(OC(F)(F)F)cc2)cc1)C(=O)O. The molecular formula is C25H30F3NO6. The molecule has 0 heterocycles. The highest BCUT2D eigenvalue weighted by molar-refractivity contribution is 5.77. The Bertz CT molecular complexity index is 947. The summed E-state index contributed by atoms with van der Waals surface area (Å²) in [5.74, 6) is -1.21. The predicted molar refractivity (Wildman–Crippen MR) is 122 cm³/mol. The number of amides is 1. The summed E-state index contributed by atoms with van der Waals surface area (Å²) in [6.45, 7) is 5.89.